The summed E-state index contributed by atoms with van der Waals surface area (Å²) in [5, 5.41) is 0. The van der Waals surface area contributed by atoms with Gasteiger partial charge in [-0.1, -0.05) is 29.8 Å². The molecule has 1 aromatic heterocycles. The number of anilines is 1. The van der Waals surface area contributed by atoms with Crippen LogP contribution in [-0.2, 0) is 11.2 Å². The smallest absolute Gasteiger partial charge is 0.223 e. The molecule has 1 aromatic carbocycles. The highest BCUT2D eigenvalue weighted by molar-refractivity contribution is 9.10. The van der Waals surface area contributed by atoms with E-state index in [4.69, 9.17) is 0 Å². The Balaban J connectivity index is 1.48. The van der Waals surface area contributed by atoms with Crippen LogP contribution in [0.15, 0.2) is 47.1 Å². The Bertz CT molecular complexity index is 677. The summed E-state index contributed by atoms with van der Waals surface area (Å²) < 4.78 is 0.983. The third-order valence-electron chi connectivity index (χ3n) is 4.42. The van der Waals surface area contributed by atoms with Gasteiger partial charge in [-0.25, -0.2) is 4.98 Å². The summed E-state index contributed by atoms with van der Waals surface area (Å²) in [6.07, 6.45) is 3.21. The van der Waals surface area contributed by atoms with Crippen molar-refractivity contribution in [2.75, 3.05) is 31.1 Å². The predicted molar refractivity (Wildman–Crippen MR) is 100 cm³/mol. The van der Waals surface area contributed by atoms with Gasteiger partial charge in [-0.2, -0.15) is 0 Å². The zero-order valence-electron chi connectivity index (χ0n) is 13.9. The Morgan fingerprint density at radius 1 is 1.08 bits per heavy atom. The highest BCUT2D eigenvalue weighted by Crippen LogP contribution is 2.17. The summed E-state index contributed by atoms with van der Waals surface area (Å²) in [6, 6.07) is 12.4. The quantitative estimate of drug-likeness (QED) is 0.805. The fourth-order valence-corrected chi connectivity index (χ4v) is 3.14. The SMILES string of the molecule is Cc1ccc(CCC(=O)N2CCN(c3ccc(Br)cn3)CC2)cc1. The van der Waals surface area contributed by atoms with Crippen LogP contribution >= 0.6 is 15.9 Å². The average Bonchev–Trinajstić information content (AvgIpc) is 2.62. The Labute approximate surface area is 151 Å². The van der Waals surface area contributed by atoms with E-state index >= 15 is 0 Å². The molecule has 0 unspecified atom stereocenters. The van der Waals surface area contributed by atoms with Crippen molar-refractivity contribution < 1.29 is 4.79 Å². The van der Waals surface area contributed by atoms with Gasteiger partial charge in [0.25, 0.3) is 0 Å². The van der Waals surface area contributed by atoms with Gasteiger partial charge in [0.2, 0.25) is 5.91 Å². The van der Waals surface area contributed by atoms with E-state index in [1.165, 1.54) is 11.1 Å². The molecule has 0 N–H and O–H groups in total. The summed E-state index contributed by atoms with van der Waals surface area (Å²) in [5.74, 6) is 1.23. The summed E-state index contributed by atoms with van der Waals surface area (Å²) in [4.78, 5) is 21.1. The van der Waals surface area contributed by atoms with Crippen LogP contribution in [0, 0.1) is 6.92 Å². The fourth-order valence-electron chi connectivity index (χ4n) is 2.90. The Morgan fingerprint density at radius 2 is 1.79 bits per heavy atom. The maximum atomic E-state index is 12.4. The van der Waals surface area contributed by atoms with E-state index in [1.807, 2.05) is 23.2 Å². The number of carbonyl (C=O) groups is 1. The van der Waals surface area contributed by atoms with Gasteiger partial charge in [0.1, 0.15) is 5.82 Å². The number of aromatic nitrogens is 1. The van der Waals surface area contributed by atoms with E-state index in [-0.39, 0.29) is 5.91 Å². The number of benzene rings is 1. The number of piperazine rings is 1. The van der Waals surface area contributed by atoms with E-state index in [9.17, 15) is 4.79 Å². The Kier molecular flexibility index (Phi) is 5.51. The molecule has 0 atom stereocenters. The molecule has 5 heteroatoms. The Hall–Kier alpha value is -1.88. The molecule has 0 spiro atoms. The third kappa shape index (κ3) is 4.35. The lowest BCUT2D eigenvalue weighted by Crippen LogP contribution is -2.49. The molecule has 1 aliphatic rings. The molecule has 126 valence electrons. The number of carbonyl (C=O) groups excluding carboxylic acids is 1. The first-order valence-electron chi connectivity index (χ1n) is 8.31. The molecule has 1 fully saturated rings. The van der Waals surface area contributed by atoms with Crippen LogP contribution < -0.4 is 4.90 Å². The van der Waals surface area contributed by atoms with Crippen molar-refractivity contribution in [3.8, 4) is 0 Å². The van der Waals surface area contributed by atoms with Gasteiger partial charge in [0, 0.05) is 43.3 Å². The number of halogens is 1. The molecule has 0 aliphatic carbocycles. The van der Waals surface area contributed by atoms with Gasteiger partial charge < -0.3 is 9.80 Å². The van der Waals surface area contributed by atoms with Gasteiger partial charge >= 0.3 is 0 Å². The molecule has 24 heavy (non-hydrogen) atoms. The van der Waals surface area contributed by atoms with Crippen molar-refractivity contribution in [2.24, 2.45) is 0 Å². The average molecular weight is 388 g/mol. The van der Waals surface area contributed by atoms with Gasteiger partial charge in [0.05, 0.1) is 0 Å². The third-order valence-corrected chi connectivity index (χ3v) is 4.89. The largest absolute Gasteiger partial charge is 0.353 e. The molecule has 3 rings (SSSR count). The topological polar surface area (TPSA) is 36.4 Å². The maximum absolute atomic E-state index is 12.4. The molecular weight excluding hydrogens is 366 g/mol. The second kappa shape index (κ2) is 7.79. The van der Waals surface area contributed by atoms with Crippen LogP contribution in [0.1, 0.15) is 17.5 Å². The van der Waals surface area contributed by atoms with Crippen molar-refractivity contribution in [1.29, 1.82) is 0 Å². The zero-order chi connectivity index (χ0) is 16.9. The summed E-state index contributed by atoms with van der Waals surface area (Å²) >= 11 is 3.40. The summed E-state index contributed by atoms with van der Waals surface area (Å²) in [7, 11) is 0. The lowest BCUT2D eigenvalue weighted by atomic mass is 10.1. The highest BCUT2D eigenvalue weighted by atomic mass is 79.9. The first-order chi connectivity index (χ1) is 11.6. The van der Waals surface area contributed by atoms with Crippen LogP contribution in [0.2, 0.25) is 0 Å². The van der Waals surface area contributed by atoms with Crippen LogP contribution in [0.5, 0.6) is 0 Å². The van der Waals surface area contributed by atoms with Crippen molar-refractivity contribution in [3.63, 3.8) is 0 Å². The lowest BCUT2D eigenvalue weighted by Gasteiger charge is -2.35. The molecule has 0 bridgehead atoms. The first-order valence-corrected chi connectivity index (χ1v) is 9.11. The lowest BCUT2D eigenvalue weighted by molar-refractivity contribution is -0.131. The van der Waals surface area contributed by atoms with Crippen LogP contribution in [-0.4, -0.2) is 42.0 Å². The zero-order valence-corrected chi connectivity index (χ0v) is 15.5. The summed E-state index contributed by atoms with van der Waals surface area (Å²) in [6.45, 7) is 5.29. The number of amides is 1. The maximum Gasteiger partial charge on any atom is 0.223 e. The monoisotopic (exact) mass is 387 g/mol. The molecule has 2 heterocycles. The minimum Gasteiger partial charge on any atom is -0.353 e. The minimum absolute atomic E-state index is 0.249. The molecule has 4 nitrogen and oxygen atoms in total. The number of rotatable bonds is 4. The minimum atomic E-state index is 0.249. The van der Waals surface area contributed by atoms with Crippen molar-refractivity contribution in [3.05, 3.63) is 58.2 Å². The molecule has 2 aromatic rings. The molecule has 1 saturated heterocycles. The second-order valence-electron chi connectivity index (χ2n) is 6.19. The number of aryl methyl sites for hydroxylation is 2. The second-order valence-corrected chi connectivity index (χ2v) is 7.10. The van der Waals surface area contributed by atoms with E-state index in [1.54, 1.807) is 0 Å². The number of pyridine rings is 1. The number of nitrogens with zero attached hydrogens (tertiary/aromatic N) is 3. The molecule has 1 amide bonds. The van der Waals surface area contributed by atoms with Gasteiger partial charge in [0.15, 0.2) is 0 Å². The first kappa shape index (κ1) is 17.0. The van der Waals surface area contributed by atoms with Gasteiger partial charge in [-0.15, -0.1) is 0 Å². The number of hydrogen-bond acceptors (Lipinski definition) is 3. The van der Waals surface area contributed by atoms with Gasteiger partial charge in [-0.05, 0) is 47.0 Å². The summed E-state index contributed by atoms with van der Waals surface area (Å²) in [5.41, 5.74) is 2.48. The molecule has 0 saturated carbocycles. The molecule has 1 aliphatic heterocycles. The highest BCUT2D eigenvalue weighted by Gasteiger charge is 2.21. The van der Waals surface area contributed by atoms with Crippen molar-refractivity contribution in [1.82, 2.24) is 9.88 Å². The van der Waals surface area contributed by atoms with Crippen molar-refractivity contribution >= 4 is 27.7 Å². The Morgan fingerprint density at radius 3 is 2.42 bits per heavy atom. The standard InChI is InChI=1S/C19H22BrN3O/c1-15-2-4-16(5-3-15)6-9-19(24)23-12-10-22(11-13-23)18-8-7-17(20)14-21-18/h2-5,7-8,14H,6,9-13H2,1H3. The van der Waals surface area contributed by atoms with E-state index in [2.05, 4.69) is 57.0 Å². The van der Waals surface area contributed by atoms with Crippen LogP contribution in [0.4, 0.5) is 5.82 Å². The predicted octanol–water partition coefficient (Wildman–Crippen LogP) is 3.43. The van der Waals surface area contributed by atoms with E-state index < -0.39 is 0 Å². The number of hydrogen-bond donors (Lipinski definition) is 0. The fraction of sp³-hybridized carbons (Fsp3) is 0.368. The van der Waals surface area contributed by atoms with Gasteiger partial charge in [-0.3, -0.25) is 4.79 Å². The molecular formula is C19H22BrN3O. The van der Waals surface area contributed by atoms with Crippen LogP contribution in [0.25, 0.3) is 0 Å². The van der Waals surface area contributed by atoms with Crippen LogP contribution in [0.3, 0.4) is 0 Å². The van der Waals surface area contributed by atoms with E-state index in [0.29, 0.717) is 6.42 Å². The van der Waals surface area contributed by atoms with Crippen molar-refractivity contribution in [2.45, 2.75) is 19.8 Å². The van der Waals surface area contributed by atoms with E-state index in [0.717, 1.165) is 42.9 Å². The molecule has 0 radical (unpaired) electrons. The normalized spacial score (nSPS) is 14.8.